The Morgan fingerprint density at radius 1 is 1.21 bits per heavy atom. The topological polar surface area (TPSA) is 229 Å². The molecule has 0 fully saturated rings. The van der Waals surface area contributed by atoms with Gasteiger partial charge in [-0.2, -0.15) is 13.2 Å². The zero-order valence-corrected chi connectivity index (χ0v) is 21.0. The number of aliphatic carboxylic acids is 1. The quantitative estimate of drug-likeness (QED) is 0.0944. The van der Waals surface area contributed by atoms with Gasteiger partial charge in [0.05, 0.1) is 24.3 Å². The van der Waals surface area contributed by atoms with Crippen LogP contribution >= 0.6 is 0 Å². The van der Waals surface area contributed by atoms with Crippen molar-refractivity contribution in [2.24, 2.45) is 16.5 Å². The summed E-state index contributed by atoms with van der Waals surface area (Å²) in [5.74, 6) is -3.77. The lowest BCUT2D eigenvalue weighted by Crippen LogP contribution is -2.40. The molecule has 0 saturated carbocycles. The van der Waals surface area contributed by atoms with E-state index in [1.165, 1.54) is 0 Å². The average molecular weight is 578 g/mol. The Morgan fingerprint density at radius 3 is 2.36 bits per heavy atom. The number of hydrogen-bond donors (Lipinski definition) is 5. The van der Waals surface area contributed by atoms with Gasteiger partial charge in [-0.25, -0.2) is 18.2 Å². The molecular weight excluding hydrogens is 551 g/mol. The number of benzene rings is 1. The van der Waals surface area contributed by atoms with E-state index in [1.54, 1.807) is 30.3 Å². The summed E-state index contributed by atoms with van der Waals surface area (Å²) in [6.45, 7) is -0.143. The first-order valence-electron chi connectivity index (χ1n) is 10.8. The molecule has 2 aromatic rings. The molecule has 0 radical (unpaired) electrons. The summed E-state index contributed by atoms with van der Waals surface area (Å²) >= 11 is 0. The normalized spacial score (nSPS) is 11.8. The van der Waals surface area contributed by atoms with Crippen LogP contribution in [0.3, 0.4) is 0 Å². The molecular formula is C21H26F3N7O7S. The van der Waals surface area contributed by atoms with Gasteiger partial charge >= 0.3 is 12.1 Å². The van der Waals surface area contributed by atoms with Crippen molar-refractivity contribution in [1.82, 2.24) is 14.9 Å². The molecule has 2 rings (SSSR count). The Morgan fingerprint density at radius 2 is 1.82 bits per heavy atom. The van der Waals surface area contributed by atoms with Gasteiger partial charge < -0.3 is 26.7 Å². The summed E-state index contributed by atoms with van der Waals surface area (Å²) in [4.78, 5) is 52.5. The predicted octanol–water partition coefficient (Wildman–Crippen LogP) is -0.444. The number of alkyl halides is 3. The highest BCUT2D eigenvalue weighted by Gasteiger charge is 2.38. The summed E-state index contributed by atoms with van der Waals surface area (Å²) < 4.78 is 59.6. The number of anilines is 1. The van der Waals surface area contributed by atoms with E-state index >= 15 is 0 Å². The van der Waals surface area contributed by atoms with Crippen molar-refractivity contribution < 1.29 is 41.1 Å². The minimum atomic E-state index is -5.08. The zero-order valence-electron chi connectivity index (χ0n) is 20.2. The van der Waals surface area contributed by atoms with Crippen molar-refractivity contribution in [3.63, 3.8) is 0 Å². The van der Waals surface area contributed by atoms with Gasteiger partial charge in [-0.1, -0.05) is 30.3 Å². The summed E-state index contributed by atoms with van der Waals surface area (Å²) in [5, 5.41) is 9.61. The molecule has 0 aliphatic heterocycles. The number of carbonyl (C=O) groups excluding carboxylic acids is 2. The first-order valence-corrected chi connectivity index (χ1v) is 12.5. The lowest BCUT2D eigenvalue weighted by molar-refractivity contribution is -0.192. The van der Waals surface area contributed by atoms with Crippen LogP contribution in [0.2, 0.25) is 0 Å². The largest absolute Gasteiger partial charge is 0.490 e. The van der Waals surface area contributed by atoms with E-state index in [2.05, 4.69) is 20.0 Å². The van der Waals surface area contributed by atoms with Gasteiger partial charge in [-0.05, 0) is 18.4 Å². The van der Waals surface area contributed by atoms with Gasteiger partial charge in [0.15, 0.2) is 5.96 Å². The molecule has 1 heterocycles. The van der Waals surface area contributed by atoms with Crippen LogP contribution in [0.15, 0.2) is 52.6 Å². The second kappa shape index (κ2) is 15.1. The fraction of sp³-hybridized carbons (Fsp3) is 0.333. The number of rotatable bonds is 12. The van der Waals surface area contributed by atoms with E-state index in [1.807, 2.05) is 0 Å². The lowest BCUT2D eigenvalue weighted by atomic mass is 10.2. The second-order valence-electron chi connectivity index (χ2n) is 7.65. The third-order valence-electron chi connectivity index (χ3n) is 4.40. The number of halogens is 3. The Balaban J connectivity index is 0.000000956. The number of aromatic nitrogens is 2. The molecule has 1 aromatic heterocycles. The predicted molar refractivity (Wildman–Crippen MR) is 133 cm³/mol. The van der Waals surface area contributed by atoms with Gasteiger partial charge in [-0.15, -0.1) is 0 Å². The zero-order chi connectivity index (χ0) is 29.6. The Kier molecular flexibility index (Phi) is 12.6. The van der Waals surface area contributed by atoms with Gasteiger partial charge in [0.1, 0.15) is 18.5 Å². The van der Waals surface area contributed by atoms with Crippen LogP contribution in [0.4, 0.5) is 18.9 Å². The average Bonchev–Trinajstić information content (AvgIpc) is 2.83. The van der Waals surface area contributed by atoms with E-state index in [0.29, 0.717) is 31.2 Å². The molecule has 214 valence electrons. The Labute approximate surface area is 220 Å². The molecule has 0 bridgehead atoms. The maximum atomic E-state index is 12.6. The molecule has 0 spiro atoms. The maximum Gasteiger partial charge on any atom is 0.490 e. The number of carboxylic acids is 1. The molecule has 1 unspecified atom stereocenters. The number of carboxylic acid groups (broad SMARTS) is 1. The summed E-state index contributed by atoms with van der Waals surface area (Å²) in [7, 11) is -3.88. The van der Waals surface area contributed by atoms with Crippen molar-refractivity contribution in [1.29, 1.82) is 0 Å². The lowest BCUT2D eigenvalue weighted by Gasteiger charge is -2.13. The molecule has 7 N–H and O–H groups in total. The van der Waals surface area contributed by atoms with Crippen molar-refractivity contribution in [3.05, 3.63) is 58.8 Å². The first kappa shape index (κ1) is 32.5. The van der Waals surface area contributed by atoms with Crippen molar-refractivity contribution in [3.8, 4) is 0 Å². The highest BCUT2D eigenvalue weighted by molar-refractivity contribution is 7.91. The summed E-state index contributed by atoms with van der Waals surface area (Å²) in [6.07, 6.45) is -1.58. The van der Waals surface area contributed by atoms with Gasteiger partial charge in [0.2, 0.25) is 15.9 Å². The number of hydrogen-bond acceptors (Lipinski definition) is 8. The molecule has 0 saturated heterocycles. The van der Waals surface area contributed by atoms with Gasteiger partial charge in [0.25, 0.3) is 5.56 Å². The molecule has 14 nitrogen and oxygen atoms in total. The Bertz CT molecular complexity index is 1310. The van der Waals surface area contributed by atoms with E-state index in [-0.39, 0.29) is 17.4 Å². The SMILES string of the molecule is NC(N)=NCCCC(C=O)NC(=O)Cn1cncc(NS(=O)(=O)Cc2ccccc2)c1=O.O=C(O)C(F)(F)F. The number of sulfonamides is 1. The maximum absolute atomic E-state index is 12.6. The van der Waals surface area contributed by atoms with Crippen LogP contribution in [-0.4, -0.2) is 66.0 Å². The number of carbonyl (C=O) groups is 3. The number of nitrogens with zero attached hydrogens (tertiary/aromatic N) is 3. The van der Waals surface area contributed by atoms with E-state index in [4.69, 9.17) is 21.4 Å². The number of amides is 1. The molecule has 1 atom stereocenters. The fourth-order valence-corrected chi connectivity index (χ4v) is 3.91. The van der Waals surface area contributed by atoms with Gasteiger partial charge in [0, 0.05) is 6.54 Å². The molecule has 39 heavy (non-hydrogen) atoms. The van der Waals surface area contributed by atoms with Crippen molar-refractivity contribution >= 4 is 39.8 Å². The number of aldehydes is 1. The highest BCUT2D eigenvalue weighted by atomic mass is 32.2. The van der Waals surface area contributed by atoms with Crippen LogP contribution < -0.4 is 27.1 Å². The number of nitrogens with one attached hydrogen (secondary N) is 2. The van der Waals surface area contributed by atoms with Gasteiger partial charge in [-0.3, -0.25) is 23.9 Å². The number of nitrogens with two attached hydrogens (primary N) is 2. The summed E-state index contributed by atoms with van der Waals surface area (Å²) in [5.41, 5.74) is 9.94. The monoisotopic (exact) mass is 577 g/mol. The Hall–Kier alpha value is -4.48. The molecule has 18 heteroatoms. The van der Waals surface area contributed by atoms with Crippen molar-refractivity contribution in [2.75, 3.05) is 11.3 Å². The van der Waals surface area contributed by atoms with Crippen LogP contribution in [0, 0.1) is 0 Å². The third-order valence-corrected chi connectivity index (χ3v) is 5.64. The molecule has 1 amide bonds. The molecule has 0 aliphatic carbocycles. The van der Waals surface area contributed by atoms with Crippen molar-refractivity contribution in [2.45, 2.75) is 37.4 Å². The fourth-order valence-electron chi connectivity index (χ4n) is 2.73. The van der Waals surface area contributed by atoms with E-state index in [9.17, 15) is 36.0 Å². The van der Waals surface area contributed by atoms with E-state index in [0.717, 1.165) is 17.1 Å². The molecule has 1 aromatic carbocycles. The molecule has 0 aliphatic rings. The number of guanidine groups is 1. The summed E-state index contributed by atoms with van der Waals surface area (Å²) in [6, 6.07) is 7.67. The minimum Gasteiger partial charge on any atom is -0.475 e. The second-order valence-corrected chi connectivity index (χ2v) is 9.37. The van der Waals surface area contributed by atoms with Crippen LogP contribution in [0.1, 0.15) is 18.4 Å². The third kappa shape index (κ3) is 13.0. The minimum absolute atomic E-state index is 0.0668. The standard InChI is InChI=1S/C19H25N7O5S.C2HF3O2/c20-19(21)23-8-4-7-15(11-27)24-17(28)10-26-13-22-9-16(18(26)29)25-32(30,31)12-14-5-2-1-3-6-14;3-2(4,5)1(6)7/h1-3,5-6,9,11,13,15,25H,4,7-8,10,12H2,(H,24,28)(H4,20,21,23);(H,6,7). The van der Waals surface area contributed by atoms with Crippen LogP contribution in [-0.2, 0) is 36.7 Å². The first-order chi connectivity index (χ1) is 18.1. The van der Waals surface area contributed by atoms with Crippen LogP contribution in [0.5, 0.6) is 0 Å². The number of aliphatic imine (C=N–C) groups is 1. The van der Waals surface area contributed by atoms with Crippen LogP contribution in [0.25, 0.3) is 0 Å². The smallest absolute Gasteiger partial charge is 0.475 e. The highest BCUT2D eigenvalue weighted by Crippen LogP contribution is 2.13. The van der Waals surface area contributed by atoms with E-state index < -0.39 is 46.2 Å².